The molecule has 0 saturated heterocycles. The van der Waals surface area contributed by atoms with Crippen molar-refractivity contribution in [3.8, 4) is 21.9 Å². The number of nitrogens with zero attached hydrogens (tertiary/aromatic N) is 1. The SMILES string of the molecule is CC1=C[C@H](OC=C2Cc3c(n(C)c4ccc(-c5scc6c5OCCO6)cc34)C2=O)OC1=O. The van der Waals surface area contributed by atoms with Gasteiger partial charge in [0.2, 0.25) is 5.78 Å². The maximum Gasteiger partial charge on any atom is 0.336 e. The molecule has 1 aliphatic carbocycles. The van der Waals surface area contributed by atoms with Gasteiger partial charge in [-0.1, -0.05) is 6.07 Å². The van der Waals surface area contributed by atoms with E-state index in [0.29, 0.717) is 36.5 Å². The number of esters is 1. The Morgan fingerprint density at radius 2 is 2.06 bits per heavy atom. The van der Waals surface area contributed by atoms with Crippen LogP contribution in [0.2, 0.25) is 0 Å². The van der Waals surface area contributed by atoms with Crippen molar-refractivity contribution in [2.75, 3.05) is 13.2 Å². The van der Waals surface area contributed by atoms with Crippen molar-refractivity contribution in [3.63, 3.8) is 0 Å². The molecule has 32 heavy (non-hydrogen) atoms. The summed E-state index contributed by atoms with van der Waals surface area (Å²) in [6.07, 6.45) is 2.69. The lowest BCUT2D eigenvalue weighted by atomic mass is 10.1. The molecule has 2 aliphatic heterocycles. The van der Waals surface area contributed by atoms with Crippen LogP contribution in [0.1, 0.15) is 23.0 Å². The van der Waals surface area contributed by atoms with Gasteiger partial charge in [0, 0.05) is 47.0 Å². The van der Waals surface area contributed by atoms with E-state index in [0.717, 1.165) is 38.4 Å². The van der Waals surface area contributed by atoms with Gasteiger partial charge in [0.05, 0.1) is 16.8 Å². The minimum atomic E-state index is -0.790. The number of cyclic esters (lactones) is 1. The molecule has 0 saturated carbocycles. The number of benzene rings is 1. The number of hydrogen-bond donors (Lipinski definition) is 0. The predicted octanol–water partition coefficient (Wildman–Crippen LogP) is 4.15. The quantitative estimate of drug-likeness (QED) is 0.340. The molecular formula is C24H19NO6S. The fourth-order valence-corrected chi connectivity index (χ4v) is 5.36. The summed E-state index contributed by atoms with van der Waals surface area (Å²) in [5.74, 6) is 1.09. The van der Waals surface area contributed by atoms with Gasteiger partial charge in [-0.15, -0.1) is 11.3 Å². The van der Waals surface area contributed by atoms with Crippen LogP contribution in [0.25, 0.3) is 21.3 Å². The topological polar surface area (TPSA) is 76.0 Å². The Labute approximate surface area is 187 Å². The van der Waals surface area contributed by atoms with E-state index in [1.165, 1.54) is 6.26 Å². The van der Waals surface area contributed by atoms with Crippen LogP contribution in [0, 0.1) is 0 Å². The van der Waals surface area contributed by atoms with E-state index in [1.807, 2.05) is 23.1 Å². The smallest absolute Gasteiger partial charge is 0.336 e. The number of rotatable bonds is 3. The molecule has 0 radical (unpaired) electrons. The van der Waals surface area contributed by atoms with Crippen LogP contribution in [-0.2, 0) is 27.7 Å². The molecule has 0 amide bonds. The Balaban J connectivity index is 1.36. The maximum atomic E-state index is 13.1. The third-order valence-electron chi connectivity index (χ3n) is 6.02. The number of carbonyl (C=O) groups excluding carboxylic acids is 2. The van der Waals surface area contributed by atoms with Crippen molar-refractivity contribution in [2.45, 2.75) is 19.6 Å². The number of Topliss-reactive ketones (excluding diaryl/α,β-unsaturated/α-hetero) is 1. The molecule has 1 aromatic carbocycles. The molecule has 0 N–H and O–H groups in total. The number of ether oxygens (including phenoxy) is 4. The first-order valence-electron chi connectivity index (χ1n) is 10.3. The van der Waals surface area contributed by atoms with E-state index < -0.39 is 12.3 Å². The number of hydrogen-bond acceptors (Lipinski definition) is 7. The molecule has 162 valence electrons. The zero-order valence-electron chi connectivity index (χ0n) is 17.5. The molecule has 1 atom stereocenters. The largest absolute Gasteiger partial charge is 0.485 e. The average Bonchev–Trinajstić information content (AvgIpc) is 3.52. The molecule has 0 bridgehead atoms. The third-order valence-corrected chi connectivity index (χ3v) is 7.01. The van der Waals surface area contributed by atoms with Crippen LogP contribution in [0.5, 0.6) is 11.5 Å². The maximum absolute atomic E-state index is 13.1. The Morgan fingerprint density at radius 1 is 1.22 bits per heavy atom. The van der Waals surface area contributed by atoms with Gasteiger partial charge in [-0.25, -0.2) is 4.79 Å². The summed E-state index contributed by atoms with van der Waals surface area (Å²) in [6, 6.07) is 6.20. The Morgan fingerprint density at radius 3 is 2.88 bits per heavy atom. The van der Waals surface area contributed by atoms with E-state index in [9.17, 15) is 9.59 Å². The van der Waals surface area contributed by atoms with Gasteiger partial charge in [-0.05, 0) is 30.2 Å². The number of aryl methyl sites for hydroxylation is 1. The molecule has 2 aromatic heterocycles. The lowest BCUT2D eigenvalue weighted by Gasteiger charge is -2.16. The van der Waals surface area contributed by atoms with Gasteiger partial charge in [-0.2, -0.15) is 0 Å². The second kappa shape index (κ2) is 7.00. The van der Waals surface area contributed by atoms with E-state index in [-0.39, 0.29) is 5.78 Å². The normalized spacial score (nSPS) is 20.6. The molecule has 3 aliphatic rings. The average molecular weight is 449 g/mol. The summed E-state index contributed by atoms with van der Waals surface area (Å²) >= 11 is 1.59. The molecule has 3 aromatic rings. The third kappa shape index (κ3) is 2.79. The highest BCUT2D eigenvalue weighted by molar-refractivity contribution is 7.14. The van der Waals surface area contributed by atoms with Crippen LogP contribution in [0.3, 0.4) is 0 Å². The van der Waals surface area contributed by atoms with Crippen LogP contribution in [-0.4, -0.2) is 35.8 Å². The fraction of sp³-hybridized carbons (Fsp3) is 0.250. The first-order chi connectivity index (χ1) is 15.5. The Hall–Kier alpha value is -3.52. The lowest BCUT2D eigenvalue weighted by Crippen LogP contribution is -2.14. The molecule has 8 heteroatoms. The summed E-state index contributed by atoms with van der Waals surface area (Å²) in [7, 11) is 1.90. The van der Waals surface area contributed by atoms with E-state index in [4.69, 9.17) is 18.9 Å². The van der Waals surface area contributed by atoms with Crippen molar-refractivity contribution in [1.29, 1.82) is 0 Å². The summed E-state index contributed by atoms with van der Waals surface area (Å²) < 4.78 is 24.1. The van der Waals surface area contributed by atoms with Gasteiger partial charge in [-0.3, -0.25) is 4.79 Å². The number of ketones is 1. The van der Waals surface area contributed by atoms with Crippen molar-refractivity contribution in [1.82, 2.24) is 4.57 Å². The van der Waals surface area contributed by atoms with Gasteiger partial charge in [0.15, 0.2) is 11.5 Å². The van der Waals surface area contributed by atoms with Crippen LogP contribution < -0.4 is 9.47 Å². The van der Waals surface area contributed by atoms with Crippen molar-refractivity contribution in [3.05, 3.63) is 58.3 Å². The molecule has 4 heterocycles. The highest BCUT2D eigenvalue weighted by atomic mass is 32.1. The minimum Gasteiger partial charge on any atom is -0.485 e. The number of allylic oxidation sites excluding steroid dienone is 1. The standard InChI is InChI=1S/C24H19NO6S/c1-12-7-19(31-24(12)27)30-10-14-9-16-15-8-13(3-4-17(15)25(2)20(16)21(14)26)23-22-18(11-32-23)28-5-6-29-22/h3-4,7-8,10-11,19H,5-6,9H2,1-2H3/t19-/m1/s1. The molecule has 0 fully saturated rings. The summed E-state index contributed by atoms with van der Waals surface area (Å²) in [5.41, 5.74) is 4.70. The van der Waals surface area contributed by atoms with Gasteiger partial charge in [0.1, 0.15) is 13.2 Å². The van der Waals surface area contributed by atoms with E-state index in [2.05, 4.69) is 12.1 Å². The molecule has 7 nitrogen and oxygen atoms in total. The fourth-order valence-electron chi connectivity index (χ4n) is 4.43. The second-order valence-electron chi connectivity index (χ2n) is 7.98. The van der Waals surface area contributed by atoms with Crippen molar-refractivity contribution < 1.29 is 28.5 Å². The van der Waals surface area contributed by atoms with Crippen molar-refractivity contribution in [2.24, 2.45) is 7.05 Å². The number of carbonyl (C=O) groups is 2. The monoisotopic (exact) mass is 449 g/mol. The summed E-state index contributed by atoms with van der Waals surface area (Å²) in [5, 5.41) is 3.00. The summed E-state index contributed by atoms with van der Waals surface area (Å²) in [4.78, 5) is 25.6. The number of fused-ring (bicyclic) bond motifs is 4. The Kier molecular flexibility index (Phi) is 4.19. The predicted molar refractivity (Wildman–Crippen MR) is 118 cm³/mol. The van der Waals surface area contributed by atoms with E-state index in [1.54, 1.807) is 24.3 Å². The zero-order chi connectivity index (χ0) is 22.0. The molecular weight excluding hydrogens is 430 g/mol. The lowest BCUT2D eigenvalue weighted by molar-refractivity contribution is -0.152. The highest BCUT2D eigenvalue weighted by Gasteiger charge is 2.33. The van der Waals surface area contributed by atoms with Crippen LogP contribution in [0.15, 0.2) is 47.1 Å². The van der Waals surface area contributed by atoms with Crippen molar-refractivity contribution >= 4 is 34.0 Å². The van der Waals surface area contributed by atoms with Gasteiger partial charge < -0.3 is 23.5 Å². The molecule has 6 rings (SSSR count). The zero-order valence-corrected chi connectivity index (χ0v) is 18.3. The summed E-state index contributed by atoms with van der Waals surface area (Å²) in [6.45, 7) is 2.76. The molecule has 0 spiro atoms. The number of thiophene rings is 1. The van der Waals surface area contributed by atoms with Crippen LogP contribution >= 0.6 is 11.3 Å². The van der Waals surface area contributed by atoms with E-state index >= 15 is 0 Å². The number of aromatic nitrogens is 1. The van der Waals surface area contributed by atoms with Gasteiger partial charge in [0.25, 0.3) is 6.29 Å². The second-order valence-corrected chi connectivity index (χ2v) is 8.86. The van der Waals surface area contributed by atoms with Crippen LogP contribution in [0.4, 0.5) is 0 Å². The Bertz CT molecular complexity index is 1370. The van der Waals surface area contributed by atoms with Gasteiger partial charge >= 0.3 is 5.97 Å². The first-order valence-corrected chi connectivity index (χ1v) is 11.2. The first kappa shape index (κ1) is 19.2. The minimum absolute atomic E-state index is 0.0736. The highest BCUT2D eigenvalue weighted by Crippen LogP contribution is 2.47. The molecule has 0 unspecified atom stereocenters.